The second-order valence-electron chi connectivity index (χ2n) is 3.22. The van der Waals surface area contributed by atoms with Crippen LogP contribution in [0.4, 0.5) is 0 Å². The molecule has 1 N–H and O–H groups in total. The molecule has 1 aliphatic rings. The third-order valence-corrected chi connectivity index (χ3v) is 1.47. The molecular weight excluding hydrogens is 212 g/mol. The number of aliphatic carboxylic acids is 1. The highest BCUT2D eigenvalue weighted by molar-refractivity contribution is 5.86. The number of carbonyl (C=O) groups is 2. The number of hydrogen-bond acceptors (Lipinski definition) is 4. The van der Waals surface area contributed by atoms with Crippen molar-refractivity contribution < 1.29 is 24.2 Å². The van der Waals surface area contributed by atoms with Gasteiger partial charge < -0.3 is 14.6 Å². The van der Waals surface area contributed by atoms with Crippen molar-refractivity contribution in [2.75, 3.05) is 13.2 Å². The number of carboxylic acid groups (broad SMARTS) is 1. The van der Waals surface area contributed by atoms with Crippen LogP contribution in [0.3, 0.4) is 0 Å². The van der Waals surface area contributed by atoms with E-state index in [0.717, 1.165) is 0 Å². The van der Waals surface area contributed by atoms with E-state index in [-0.39, 0.29) is 18.5 Å². The Kier molecular flexibility index (Phi) is 6.87. The van der Waals surface area contributed by atoms with E-state index in [1.54, 1.807) is 6.92 Å². The lowest BCUT2D eigenvalue weighted by Gasteiger charge is -1.99. The van der Waals surface area contributed by atoms with Crippen molar-refractivity contribution in [3.63, 3.8) is 0 Å². The van der Waals surface area contributed by atoms with Crippen LogP contribution >= 0.6 is 0 Å². The normalized spacial score (nSPS) is 16.4. The van der Waals surface area contributed by atoms with E-state index >= 15 is 0 Å². The van der Waals surface area contributed by atoms with E-state index in [2.05, 4.69) is 13.2 Å². The maximum Gasteiger partial charge on any atom is 0.333 e. The number of carboxylic acids is 1. The first-order chi connectivity index (χ1) is 7.47. The summed E-state index contributed by atoms with van der Waals surface area (Å²) in [5, 5.41) is 7.84. The summed E-state index contributed by atoms with van der Waals surface area (Å²) >= 11 is 0. The Labute approximate surface area is 94.4 Å². The zero-order chi connectivity index (χ0) is 12.6. The van der Waals surface area contributed by atoms with Crippen molar-refractivity contribution in [1.82, 2.24) is 0 Å². The lowest BCUT2D eigenvalue weighted by Crippen LogP contribution is -2.09. The molecule has 1 fully saturated rings. The van der Waals surface area contributed by atoms with Gasteiger partial charge in [-0.1, -0.05) is 12.7 Å². The molecule has 1 heterocycles. The molecule has 1 aliphatic heterocycles. The van der Waals surface area contributed by atoms with Gasteiger partial charge in [-0.25, -0.2) is 4.79 Å². The van der Waals surface area contributed by atoms with Crippen molar-refractivity contribution in [3.05, 3.63) is 24.8 Å². The predicted molar refractivity (Wildman–Crippen MR) is 58.0 cm³/mol. The Morgan fingerprint density at radius 2 is 2.19 bits per heavy atom. The number of carbonyl (C=O) groups excluding carboxylic acids is 1. The van der Waals surface area contributed by atoms with Gasteiger partial charge in [0.05, 0.1) is 13.0 Å². The van der Waals surface area contributed by atoms with Gasteiger partial charge in [0.25, 0.3) is 0 Å². The smallest absolute Gasteiger partial charge is 0.333 e. The lowest BCUT2D eigenvalue weighted by molar-refractivity contribution is -0.139. The molecule has 1 saturated heterocycles. The quantitative estimate of drug-likeness (QED) is 0.330. The average molecular weight is 228 g/mol. The van der Waals surface area contributed by atoms with Crippen LogP contribution in [0.5, 0.6) is 0 Å². The largest absolute Gasteiger partial charge is 0.481 e. The first kappa shape index (κ1) is 14.4. The SMILES string of the molecule is C=C(C)C(=O)OCC1CO1.C=CCC(=O)O. The zero-order valence-electron chi connectivity index (χ0n) is 9.27. The molecule has 0 spiro atoms. The summed E-state index contributed by atoms with van der Waals surface area (Å²) in [5.74, 6) is -1.17. The van der Waals surface area contributed by atoms with Gasteiger partial charge in [-0.15, -0.1) is 6.58 Å². The Bertz CT molecular complexity index is 278. The van der Waals surface area contributed by atoms with Crippen molar-refractivity contribution >= 4 is 11.9 Å². The fraction of sp³-hybridized carbons (Fsp3) is 0.455. The molecule has 1 atom stereocenters. The summed E-state index contributed by atoms with van der Waals surface area (Å²) in [7, 11) is 0. The molecule has 0 saturated carbocycles. The van der Waals surface area contributed by atoms with Gasteiger partial charge in [0, 0.05) is 5.57 Å². The Hall–Kier alpha value is -1.62. The first-order valence-electron chi connectivity index (χ1n) is 4.74. The first-order valence-corrected chi connectivity index (χ1v) is 4.74. The molecule has 0 aromatic carbocycles. The molecule has 0 amide bonds. The van der Waals surface area contributed by atoms with Gasteiger partial charge in [-0.3, -0.25) is 4.79 Å². The highest BCUT2D eigenvalue weighted by Gasteiger charge is 2.24. The summed E-state index contributed by atoms with van der Waals surface area (Å²) in [5.41, 5.74) is 0.431. The average Bonchev–Trinajstić information content (AvgIpc) is 2.98. The van der Waals surface area contributed by atoms with E-state index in [4.69, 9.17) is 14.6 Å². The van der Waals surface area contributed by atoms with Crippen molar-refractivity contribution in [3.8, 4) is 0 Å². The van der Waals surface area contributed by atoms with Crippen LogP contribution in [-0.4, -0.2) is 36.4 Å². The molecular formula is C11H16O5. The third-order valence-electron chi connectivity index (χ3n) is 1.47. The predicted octanol–water partition coefficient (Wildman–Crippen LogP) is 1.15. The number of epoxide rings is 1. The summed E-state index contributed by atoms with van der Waals surface area (Å²) in [4.78, 5) is 20.2. The minimum absolute atomic E-state index is 0.0556. The van der Waals surface area contributed by atoms with Crippen LogP contribution in [-0.2, 0) is 19.1 Å². The van der Waals surface area contributed by atoms with Gasteiger partial charge in [0.2, 0.25) is 0 Å². The second kappa shape index (κ2) is 7.64. The van der Waals surface area contributed by atoms with Crippen LogP contribution in [0.25, 0.3) is 0 Å². The molecule has 5 nitrogen and oxygen atoms in total. The van der Waals surface area contributed by atoms with Crippen molar-refractivity contribution in [2.45, 2.75) is 19.4 Å². The highest BCUT2D eigenvalue weighted by Crippen LogP contribution is 2.09. The minimum Gasteiger partial charge on any atom is -0.481 e. The van der Waals surface area contributed by atoms with Gasteiger partial charge in [-0.05, 0) is 6.92 Å². The minimum atomic E-state index is -0.829. The summed E-state index contributed by atoms with van der Waals surface area (Å²) < 4.78 is 9.60. The maximum absolute atomic E-state index is 10.7. The molecule has 1 rings (SSSR count). The summed E-state index contributed by atoms with van der Waals surface area (Å²) in [6.07, 6.45) is 1.55. The molecule has 0 aromatic heterocycles. The topological polar surface area (TPSA) is 76.1 Å². The number of ether oxygens (including phenoxy) is 2. The Morgan fingerprint density at radius 1 is 1.62 bits per heavy atom. The van der Waals surface area contributed by atoms with E-state index in [1.807, 2.05) is 0 Å². The molecule has 16 heavy (non-hydrogen) atoms. The Balaban J connectivity index is 0.000000325. The highest BCUT2D eigenvalue weighted by atomic mass is 16.6. The molecule has 0 radical (unpaired) electrons. The summed E-state index contributed by atoms with van der Waals surface area (Å²) in [6.45, 7) is 9.36. The Morgan fingerprint density at radius 3 is 2.44 bits per heavy atom. The van der Waals surface area contributed by atoms with Crippen LogP contribution in [0.15, 0.2) is 24.8 Å². The van der Waals surface area contributed by atoms with E-state index in [1.165, 1.54) is 6.08 Å². The zero-order valence-corrected chi connectivity index (χ0v) is 9.27. The fourth-order valence-electron chi connectivity index (χ4n) is 0.580. The van der Waals surface area contributed by atoms with E-state index < -0.39 is 5.97 Å². The monoisotopic (exact) mass is 228 g/mol. The number of rotatable bonds is 5. The van der Waals surface area contributed by atoms with Crippen molar-refractivity contribution in [2.24, 2.45) is 0 Å². The van der Waals surface area contributed by atoms with Gasteiger partial charge in [0.1, 0.15) is 12.7 Å². The lowest BCUT2D eigenvalue weighted by atomic mass is 10.4. The van der Waals surface area contributed by atoms with E-state index in [0.29, 0.717) is 18.8 Å². The molecule has 0 aromatic rings. The van der Waals surface area contributed by atoms with Gasteiger partial charge in [0.15, 0.2) is 0 Å². The molecule has 90 valence electrons. The van der Waals surface area contributed by atoms with Gasteiger partial charge >= 0.3 is 11.9 Å². The van der Waals surface area contributed by atoms with Gasteiger partial charge in [-0.2, -0.15) is 0 Å². The van der Waals surface area contributed by atoms with E-state index in [9.17, 15) is 9.59 Å². The summed E-state index contributed by atoms with van der Waals surface area (Å²) in [6, 6.07) is 0. The molecule has 1 unspecified atom stereocenters. The number of esters is 1. The van der Waals surface area contributed by atoms with Crippen LogP contribution in [0.2, 0.25) is 0 Å². The molecule has 0 aliphatic carbocycles. The van der Waals surface area contributed by atoms with Crippen LogP contribution < -0.4 is 0 Å². The molecule has 5 heteroatoms. The number of hydrogen-bond donors (Lipinski definition) is 1. The molecule has 0 bridgehead atoms. The van der Waals surface area contributed by atoms with Crippen LogP contribution in [0.1, 0.15) is 13.3 Å². The fourth-order valence-corrected chi connectivity index (χ4v) is 0.580. The van der Waals surface area contributed by atoms with Crippen LogP contribution in [0, 0.1) is 0 Å². The maximum atomic E-state index is 10.7. The van der Waals surface area contributed by atoms with Crippen molar-refractivity contribution in [1.29, 1.82) is 0 Å². The third kappa shape index (κ3) is 8.96. The standard InChI is InChI=1S/C7H10O3.C4H6O2/c1-5(2)7(8)10-4-6-3-9-6;1-2-3-4(5)6/h6H,1,3-4H2,2H3;2H,1,3H2,(H,5,6). The second-order valence-corrected chi connectivity index (χ2v) is 3.22.